The van der Waals surface area contributed by atoms with Gasteiger partial charge in [-0.15, -0.1) is 0 Å². The predicted octanol–water partition coefficient (Wildman–Crippen LogP) is 1.41. The Morgan fingerprint density at radius 1 is 1.44 bits per heavy atom. The van der Waals surface area contributed by atoms with Crippen LogP contribution >= 0.6 is 11.6 Å². The molecule has 0 spiro atoms. The number of anilines is 1. The van der Waals surface area contributed by atoms with Gasteiger partial charge in [-0.1, -0.05) is 11.6 Å². The minimum Gasteiger partial charge on any atom is -0.304 e. The highest BCUT2D eigenvalue weighted by atomic mass is 35.5. The highest BCUT2D eigenvalue weighted by molar-refractivity contribution is 6.29. The lowest BCUT2D eigenvalue weighted by atomic mass is 10.4. The summed E-state index contributed by atoms with van der Waals surface area (Å²) in [5, 5.41) is 9.39. The minimum atomic E-state index is -0.379. The van der Waals surface area contributed by atoms with Gasteiger partial charge >= 0.3 is 0 Å². The Labute approximate surface area is 96.1 Å². The van der Waals surface area contributed by atoms with Crippen LogP contribution in [0.25, 0.3) is 0 Å². The van der Waals surface area contributed by atoms with E-state index in [4.69, 9.17) is 11.6 Å². The van der Waals surface area contributed by atoms with Gasteiger partial charge in [-0.25, -0.2) is 9.97 Å². The molecule has 0 fully saturated rings. The standard InChI is InChI=1S/C9H8ClN5O/c1-5-2-8(15-14-5)13-9(16)6-3-12-7(10)4-11-6/h2-4H,1H3,(H2,13,14,15,16). The molecule has 0 saturated carbocycles. The zero-order valence-corrected chi connectivity index (χ0v) is 9.12. The van der Waals surface area contributed by atoms with Crippen molar-refractivity contribution < 1.29 is 4.79 Å². The zero-order valence-electron chi connectivity index (χ0n) is 8.36. The maximum atomic E-state index is 11.6. The summed E-state index contributed by atoms with van der Waals surface area (Å²) in [6, 6.07) is 1.71. The van der Waals surface area contributed by atoms with E-state index in [1.165, 1.54) is 12.4 Å². The molecule has 82 valence electrons. The molecule has 0 aliphatic heterocycles. The van der Waals surface area contributed by atoms with Gasteiger partial charge < -0.3 is 5.32 Å². The summed E-state index contributed by atoms with van der Waals surface area (Å²) in [7, 11) is 0. The van der Waals surface area contributed by atoms with Gasteiger partial charge in [0, 0.05) is 11.8 Å². The summed E-state index contributed by atoms with van der Waals surface area (Å²) >= 11 is 5.56. The predicted molar refractivity (Wildman–Crippen MR) is 58.3 cm³/mol. The number of aromatic nitrogens is 4. The molecule has 0 atom stereocenters. The molecule has 2 aromatic rings. The number of nitrogens with one attached hydrogen (secondary N) is 2. The number of nitrogens with zero attached hydrogens (tertiary/aromatic N) is 3. The Balaban J connectivity index is 2.11. The highest BCUT2D eigenvalue weighted by Gasteiger charge is 2.09. The SMILES string of the molecule is Cc1cc(NC(=O)c2cnc(Cl)cn2)n[nH]1. The number of hydrogen-bond donors (Lipinski definition) is 2. The first kappa shape index (κ1) is 10.6. The quantitative estimate of drug-likeness (QED) is 0.827. The summed E-state index contributed by atoms with van der Waals surface area (Å²) in [5.41, 5.74) is 1.04. The number of halogens is 1. The van der Waals surface area contributed by atoms with Crippen LogP contribution in [0.5, 0.6) is 0 Å². The topological polar surface area (TPSA) is 83.6 Å². The van der Waals surface area contributed by atoms with Crippen LogP contribution in [-0.4, -0.2) is 26.1 Å². The molecule has 2 aromatic heterocycles. The van der Waals surface area contributed by atoms with E-state index < -0.39 is 0 Å². The largest absolute Gasteiger partial charge is 0.304 e. The molecule has 2 N–H and O–H groups in total. The fraction of sp³-hybridized carbons (Fsp3) is 0.111. The maximum Gasteiger partial charge on any atom is 0.277 e. The third-order valence-corrected chi connectivity index (χ3v) is 2.00. The fourth-order valence-corrected chi connectivity index (χ4v) is 1.19. The molecule has 2 rings (SSSR count). The van der Waals surface area contributed by atoms with E-state index in [0.717, 1.165) is 5.69 Å². The number of H-pyrrole nitrogens is 1. The molecule has 16 heavy (non-hydrogen) atoms. The Kier molecular flexibility index (Phi) is 2.82. The van der Waals surface area contributed by atoms with Gasteiger partial charge in [-0.05, 0) is 6.92 Å². The van der Waals surface area contributed by atoms with Crippen molar-refractivity contribution in [2.45, 2.75) is 6.92 Å². The van der Waals surface area contributed by atoms with Crippen LogP contribution in [0.2, 0.25) is 5.15 Å². The summed E-state index contributed by atoms with van der Waals surface area (Å²) < 4.78 is 0. The summed E-state index contributed by atoms with van der Waals surface area (Å²) in [6.07, 6.45) is 2.61. The molecule has 1 amide bonds. The molecule has 0 unspecified atom stereocenters. The molecular formula is C9H8ClN5O. The average molecular weight is 238 g/mol. The second kappa shape index (κ2) is 4.28. The van der Waals surface area contributed by atoms with Crippen molar-refractivity contribution in [1.82, 2.24) is 20.2 Å². The number of amides is 1. The van der Waals surface area contributed by atoms with E-state index in [2.05, 4.69) is 25.5 Å². The van der Waals surface area contributed by atoms with Crippen molar-refractivity contribution in [2.75, 3.05) is 5.32 Å². The lowest BCUT2D eigenvalue weighted by molar-refractivity contribution is 0.102. The van der Waals surface area contributed by atoms with Crippen LogP contribution in [-0.2, 0) is 0 Å². The molecule has 7 heteroatoms. The van der Waals surface area contributed by atoms with Gasteiger partial charge in [0.1, 0.15) is 10.8 Å². The maximum absolute atomic E-state index is 11.6. The van der Waals surface area contributed by atoms with Crippen molar-refractivity contribution in [2.24, 2.45) is 0 Å². The molecule has 2 heterocycles. The Morgan fingerprint density at radius 3 is 2.81 bits per heavy atom. The lowest BCUT2D eigenvalue weighted by Gasteiger charge is -1.99. The van der Waals surface area contributed by atoms with Crippen molar-refractivity contribution in [3.8, 4) is 0 Å². The van der Waals surface area contributed by atoms with E-state index in [9.17, 15) is 4.79 Å². The van der Waals surface area contributed by atoms with Crippen molar-refractivity contribution in [1.29, 1.82) is 0 Å². The molecule has 0 saturated heterocycles. The van der Waals surface area contributed by atoms with E-state index in [1.807, 2.05) is 6.92 Å². The fourth-order valence-electron chi connectivity index (χ4n) is 1.09. The van der Waals surface area contributed by atoms with Crippen LogP contribution in [0, 0.1) is 6.92 Å². The van der Waals surface area contributed by atoms with Gasteiger partial charge in [-0.3, -0.25) is 9.89 Å². The van der Waals surface area contributed by atoms with E-state index in [1.54, 1.807) is 6.07 Å². The molecule has 6 nitrogen and oxygen atoms in total. The van der Waals surface area contributed by atoms with Crippen LogP contribution < -0.4 is 5.32 Å². The van der Waals surface area contributed by atoms with Crippen LogP contribution in [0.4, 0.5) is 5.82 Å². The first-order valence-corrected chi connectivity index (χ1v) is 4.84. The van der Waals surface area contributed by atoms with Crippen molar-refractivity contribution in [3.63, 3.8) is 0 Å². The van der Waals surface area contributed by atoms with Crippen LogP contribution in [0.15, 0.2) is 18.5 Å². The molecule has 0 aliphatic rings. The smallest absolute Gasteiger partial charge is 0.277 e. The summed E-state index contributed by atoms with van der Waals surface area (Å²) in [6.45, 7) is 1.84. The molecule has 0 bridgehead atoms. The second-order valence-corrected chi connectivity index (χ2v) is 3.50. The normalized spacial score (nSPS) is 10.1. The highest BCUT2D eigenvalue weighted by Crippen LogP contribution is 2.06. The first-order chi connectivity index (χ1) is 7.65. The number of rotatable bonds is 2. The van der Waals surface area contributed by atoms with Crippen molar-refractivity contribution in [3.05, 3.63) is 35.0 Å². The number of aromatic amines is 1. The number of aryl methyl sites for hydroxylation is 1. The third-order valence-electron chi connectivity index (χ3n) is 1.80. The van der Waals surface area contributed by atoms with Gasteiger partial charge in [0.05, 0.1) is 12.4 Å². The minimum absolute atomic E-state index is 0.185. The number of hydrogen-bond acceptors (Lipinski definition) is 4. The molecule has 0 radical (unpaired) electrons. The number of carbonyl (C=O) groups excluding carboxylic acids is 1. The second-order valence-electron chi connectivity index (χ2n) is 3.11. The Hall–Kier alpha value is -1.95. The molecular weight excluding hydrogens is 230 g/mol. The Bertz CT molecular complexity index is 507. The van der Waals surface area contributed by atoms with Crippen molar-refractivity contribution >= 4 is 23.3 Å². The van der Waals surface area contributed by atoms with Crippen LogP contribution in [0.3, 0.4) is 0 Å². The molecule has 0 aliphatic carbocycles. The third kappa shape index (κ3) is 2.34. The van der Waals surface area contributed by atoms with Crippen LogP contribution in [0.1, 0.15) is 16.2 Å². The summed E-state index contributed by atoms with van der Waals surface area (Å²) in [4.78, 5) is 19.2. The van der Waals surface area contributed by atoms with Gasteiger partial charge in [0.25, 0.3) is 5.91 Å². The monoisotopic (exact) mass is 237 g/mol. The molecule has 0 aromatic carbocycles. The number of carbonyl (C=O) groups is 1. The van der Waals surface area contributed by atoms with Gasteiger partial charge in [0.2, 0.25) is 0 Å². The summed E-state index contributed by atoms with van der Waals surface area (Å²) in [5.74, 6) is 0.0647. The van der Waals surface area contributed by atoms with E-state index in [0.29, 0.717) is 5.82 Å². The zero-order chi connectivity index (χ0) is 11.5. The lowest BCUT2D eigenvalue weighted by Crippen LogP contribution is -2.14. The van der Waals surface area contributed by atoms with Gasteiger partial charge in [-0.2, -0.15) is 5.10 Å². The van der Waals surface area contributed by atoms with E-state index >= 15 is 0 Å². The first-order valence-electron chi connectivity index (χ1n) is 4.46. The van der Waals surface area contributed by atoms with Gasteiger partial charge in [0.15, 0.2) is 5.82 Å². The average Bonchev–Trinajstić information content (AvgIpc) is 2.65. The Morgan fingerprint density at radius 2 is 2.25 bits per heavy atom. The van der Waals surface area contributed by atoms with E-state index in [-0.39, 0.29) is 16.8 Å².